The van der Waals surface area contributed by atoms with Crippen molar-refractivity contribution in [2.75, 3.05) is 10.6 Å². The van der Waals surface area contributed by atoms with Crippen LogP contribution in [0, 0.1) is 6.92 Å². The standard InChI is InChI=1S/C18H20ClN3O/c1-12-6-7-15(9-17(12)19)22-18(23)13-8-16(11-20-10-13)21-14-4-2-3-5-14/h6-11,14,21H,2-5H2,1H3,(H,22,23). The highest BCUT2D eigenvalue weighted by Gasteiger charge is 2.15. The van der Waals surface area contributed by atoms with E-state index in [1.54, 1.807) is 18.5 Å². The molecule has 0 unspecified atom stereocenters. The lowest BCUT2D eigenvalue weighted by molar-refractivity contribution is 0.102. The van der Waals surface area contributed by atoms with Crippen LogP contribution in [0.2, 0.25) is 5.02 Å². The Morgan fingerprint density at radius 1 is 1.17 bits per heavy atom. The molecule has 2 aromatic rings. The zero-order valence-electron chi connectivity index (χ0n) is 13.1. The van der Waals surface area contributed by atoms with Gasteiger partial charge in [0.1, 0.15) is 0 Å². The summed E-state index contributed by atoms with van der Waals surface area (Å²) in [6.07, 6.45) is 8.22. The van der Waals surface area contributed by atoms with Crippen LogP contribution in [0.5, 0.6) is 0 Å². The SMILES string of the molecule is Cc1ccc(NC(=O)c2cncc(NC3CCCC3)c2)cc1Cl. The molecule has 5 heteroatoms. The number of halogens is 1. The van der Waals surface area contributed by atoms with Crippen LogP contribution in [-0.4, -0.2) is 16.9 Å². The molecule has 1 aliphatic carbocycles. The summed E-state index contributed by atoms with van der Waals surface area (Å²) in [6.45, 7) is 1.93. The number of amides is 1. The van der Waals surface area contributed by atoms with E-state index < -0.39 is 0 Å². The molecule has 4 nitrogen and oxygen atoms in total. The molecular weight excluding hydrogens is 310 g/mol. The monoisotopic (exact) mass is 329 g/mol. The number of nitrogens with zero attached hydrogens (tertiary/aromatic N) is 1. The molecule has 0 radical (unpaired) electrons. The Hall–Kier alpha value is -2.07. The van der Waals surface area contributed by atoms with Crippen molar-refractivity contribution in [3.63, 3.8) is 0 Å². The molecule has 3 rings (SSSR count). The Bertz CT molecular complexity index is 711. The molecule has 0 bridgehead atoms. The second-order valence-corrected chi connectivity index (χ2v) is 6.41. The van der Waals surface area contributed by atoms with Crippen LogP contribution in [0.4, 0.5) is 11.4 Å². The minimum atomic E-state index is -0.188. The van der Waals surface area contributed by atoms with Gasteiger partial charge in [0.15, 0.2) is 0 Å². The first-order chi connectivity index (χ1) is 11.1. The summed E-state index contributed by atoms with van der Waals surface area (Å²) in [4.78, 5) is 16.5. The van der Waals surface area contributed by atoms with Crippen LogP contribution in [0.25, 0.3) is 0 Å². The van der Waals surface area contributed by atoms with E-state index in [4.69, 9.17) is 11.6 Å². The topological polar surface area (TPSA) is 54.0 Å². The molecule has 23 heavy (non-hydrogen) atoms. The van der Waals surface area contributed by atoms with Gasteiger partial charge in [-0.3, -0.25) is 9.78 Å². The van der Waals surface area contributed by atoms with E-state index in [0.29, 0.717) is 22.3 Å². The van der Waals surface area contributed by atoms with E-state index in [9.17, 15) is 4.79 Å². The predicted molar refractivity (Wildman–Crippen MR) is 94.3 cm³/mol. The molecule has 0 spiro atoms. The fourth-order valence-corrected chi connectivity index (χ4v) is 3.00. The number of aryl methyl sites for hydroxylation is 1. The number of carbonyl (C=O) groups excluding carboxylic acids is 1. The number of rotatable bonds is 4. The molecule has 120 valence electrons. The van der Waals surface area contributed by atoms with Gasteiger partial charge in [-0.15, -0.1) is 0 Å². The van der Waals surface area contributed by atoms with Crippen molar-refractivity contribution in [3.05, 3.63) is 52.8 Å². The summed E-state index contributed by atoms with van der Waals surface area (Å²) in [7, 11) is 0. The summed E-state index contributed by atoms with van der Waals surface area (Å²) in [5.74, 6) is -0.188. The van der Waals surface area contributed by atoms with Gasteiger partial charge in [-0.05, 0) is 43.5 Å². The van der Waals surface area contributed by atoms with Gasteiger partial charge in [0.2, 0.25) is 0 Å². The largest absolute Gasteiger partial charge is 0.381 e. The van der Waals surface area contributed by atoms with Crippen LogP contribution in [0.3, 0.4) is 0 Å². The van der Waals surface area contributed by atoms with Crippen molar-refractivity contribution < 1.29 is 4.79 Å². The second kappa shape index (κ2) is 7.01. The maximum absolute atomic E-state index is 12.4. The van der Waals surface area contributed by atoms with Gasteiger partial charge in [0.25, 0.3) is 5.91 Å². The van der Waals surface area contributed by atoms with Crippen molar-refractivity contribution >= 4 is 28.9 Å². The lowest BCUT2D eigenvalue weighted by Gasteiger charge is -2.14. The van der Waals surface area contributed by atoms with Gasteiger partial charge < -0.3 is 10.6 Å². The maximum Gasteiger partial charge on any atom is 0.257 e. The lowest BCUT2D eigenvalue weighted by atomic mass is 10.2. The smallest absolute Gasteiger partial charge is 0.257 e. The van der Waals surface area contributed by atoms with E-state index in [0.717, 1.165) is 11.3 Å². The van der Waals surface area contributed by atoms with E-state index in [1.165, 1.54) is 25.7 Å². The molecule has 1 amide bonds. The van der Waals surface area contributed by atoms with Gasteiger partial charge in [-0.2, -0.15) is 0 Å². The van der Waals surface area contributed by atoms with E-state index in [1.807, 2.05) is 25.1 Å². The number of anilines is 2. The van der Waals surface area contributed by atoms with Crippen LogP contribution in [-0.2, 0) is 0 Å². The first kappa shape index (κ1) is 15.8. The van der Waals surface area contributed by atoms with Crippen molar-refractivity contribution in [1.82, 2.24) is 4.98 Å². The van der Waals surface area contributed by atoms with Crippen molar-refractivity contribution in [2.45, 2.75) is 38.6 Å². The van der Waals surface area contributed by atoms with Gasteiger partial charge >= 0.3 is 0 Å². The predicted octanol–water partition coefficient (Wildman–Crippen LogP) is 4.65. The molecule has 2 N–H and O–H groups in total. The quantitative estimate of drug-likeness (QED) is 0.858. The summed E-state index contributed by atoms with van der Waals surface area (Å²) >= 11 is 6.09. The van der Waals surface area contributed by atoms with Crippen molar-refractivity contribution in [3.8, 4) is 0 Å². The van der Waals surface area contributed by atoms with E-state index in [2.05, 4.69) is 15.6 Å². The number of hydrogen-bond acceptors (Lipinski definition) is 3. The molecule has 0 saturated heterocycles. The normalized spacial score (nSPS) is 14.7. The third-order valence-electron chi connectivity index (χ3n) is 4.16. The van der Waals surface area contributed by atoms with Crippen LogP contribution in [0.15, 0.2) is 36.7 Å². The molecule has 1 saturated carbocycles. The Labute approximate surface area is 141 Å². The second-order valence-electron chi connectivity index (χ2n) is 6.01. The molecule has 1 aromatic carbocycles. The van der Waals surface area contributed by atoms with Crippen LogP contribution in [0.1, 0.15) is 41.6 Å². The number of benzene rings is 1. The maximum atomic E-state index is 12.4. The highest BCUT2D eigenvalue weighted by molar-refractivity contribution is 6.31. The average molecular weight is 330 g/mol. The molecule has 1 aromatic heterocycles. The first-order valence-electron chi connectivity index (χ1n) is 7.91. The van der Waals surface area contributed by atoms with Crippen molar-refractivity contribution in [1.29, 1.82) is 0 Å². The molecular formula is C18H20ClN3O. The Balaban J connectivity index is 1.70. The number of hydrogen-bond donors (Lipinski definition) is 2. The molecule has 1 aliphatic rings. The average Bonchev–Trinajstić information content (AvgIpc) is 3.04. The summed E-state index contributed by atoms with van der Waals surface area (Å²) in [6, 6.07) is 7.81. The van der Waals surface area contributed by atoms with E-state index in [-0.39, 0.29) is 5.91 Å². The molecule has 1 heterocycles. The lowest BCUT2D eigenvalue weighted by Crippen LogP contribution is -2.16. The van der Waals surface area contributed by atoms with Crippen molar-refractivity contribution in [2.24, 2.45) is 0 Å². The molecule has 0 aliphatic heterocycles. The van der Waals surface area contributed by atoms with Crippen LogP contribution >= 0.6 is 11.6 Å². The minimum absolute atomic E-state index is 0.188. The summed E-state index contributed by atoms with van der Waals surface area (Å²) in [5, 5.41) is 6.95. The van der Waals surface area contributed by atoms with Crippen LogP contribution < -0.4 is 10.6 Å². The zero-order valence-corrected chi connectivity index (χ0v) is 13.9. The zero-order chi connectivity index (χ0) is 16.2. The Morgan fingerprint density at radius 3 is 2.70 bits per heavy atom. The summed E-state index contributed by atoms with van der Waals surface area (Å²) in [5.41, 5.74) is 3.09. The van der Waals surface area contributed by atoms with Gasteiger partial charge in [0, 0.05) is 29.1 Å². The fraction of sp³-hybridized carbons (Fsp3) is 0.333. The first-order valence-corrected chi connectivity index (χ1v) is 8.29. The Kier molecular flexibility index (Phi) is 4.82. The molecule has 1 fully saturated rings. The number of aromatic nitrogens is 1. The van der Waals surface area contributed by atoms with Gasteiger partial charge in [-0.25, -0.2) is 0 Å². The number of carbonyl (C=O) groups is 1. The van der Waals surface area contributed by atoms with Gasteiger partial charge in [-0.1, -0.05) is 30.5 Å². The third kappa shape index (κ3) is 4.02. The third-order valence-corrected chi connectivity index (χ3v) is 4.56. The highest BCUT2D eigenvalue weighted by Crippen LogP contribution is 2.23. The number of pyridine rings is 1. The highest BCUT2D eigenvalue weighted by atomic mass is 35.5. The Morgan fingerprint density at radius 2 is 1.96 bits per heavy atom. The summed E-state index contributed by atoms with van der Waals surface area (Å²) < 4.78 is 0. The molecule has 0 atom stereocenters. The minimum Gasteiger partial charge on any atom is -0.381 e. The number of nitrogens with one attached hydrogen (secondary N) is 2. The fourth-order valence-electron chi connectivity index (χ4n) is 2.82. The van der Waals surface area contributed by atoms with Gasteiger partial charge in [0.05, 0.1) is 11.3 Å². The van der Waals surface area contributed by atoms with E-state index >= 15 is 0 Å².